The van der Waals surface area contributed by atoms with Gasteiger partial charge in [0.05, 0.1) is 6.20 Å². The first-order valence-electron chi connectivity index (χ1n) is 5.58. The molecule has 0 atom stereocenters. The number of hydrogen-bond donors (Lipinski definition) is 1. The Morgan fingerprint density at radius 1 is 1.31 bits per heavy atom. The number of aromatic nitrogens is 2. The van der Waals surface area contributed by atoms with E-state index in [0.717, 1.165) is 36.1 Å². The van der Waals surface area contributed by atoms with Gasteiger partial charge >= 0.3 is 0 Å². The largest absolute Gasteiger partial charge is 0.282 e. The number of H-pyrrole nitrogens is 1. The van der Waals surface area contributed by atoms with Gasteiger partial charge in [-0.05, 0) is 43.4 Å². The van der Waals surface area contributed by atoms with Crippen molar-refractivity contribution in [2.45, 2.75) is 26.2 Å². The zero-order chi connectivity index (χ0) is 11.1. The van der Waals surface area contributed by atoms with Gasteiger partial charge in [0.25, 0.3) is 0 Å². The monoisotopic (exact) mass is 216 g/mol. The molecule has 1 aromatic heterocycles. The zero-order valence-electron chi connectivity index (χ0n) is 9.18. The van der Waals surface area contributed by atoms with Gasteiger partial charge in [-0.1, -0.05) is 6.07 Å². The van der Waals surface area contributed by atoms with Crippen LogP contribution in [0.5, 0.6) is 0 Å². The number of nitrogens with one attached hydrogen (secondary N) is 1. The first-order chi connectivity index (χ1) is 7.77. The highest BCUT2D eigenvalue weighted by atomic mass is 19.1. The standard InChI is InChI=1S/C13H13FN2/c1-8-11(7-15-16-8)13-10-4-2-3-9(10)5-6-12(13)14/h5-7H,2-4H2,1H3,(H,15,16). The Hall–Kier alpha value is -1.64. The second-order valence-corrected chi connectivity index (χ2v) is 4.32. The van der Waals surface area contributed by atoms with Crippen LogP contribution in [-0.2, 0) is 12.8 Å². The van der Waals surface area contributed by atoms with Gasteiger partial charge in [0.1, 0.15) is 5.82 Å². The first-order valence-corrected chi connectivity index (χ1v) is 5.58. The molecule has 16 heavy (non-hydrogen) atoms. The van der Waals surface area contributed by atoms with Crippen molar-refractivity contribution in [1.82, 2.24) is 10.2 Å². The third kappa shape index (κ3) is 1.28. The zero-order valence-corrected chi connectivity index (χ0v) is 9.18. The van der Waals surface area contributed by atoms with Gasteiger partial charge in [-0.2, -0.15) is 5.10 Å². The molecule has 0 fully saturated rings. The van der Waals surface area contributed by atoms with E-state index in [0.29, 0.717) is 0 Å². The van der Waals surface area contributed by atoms with Crippen LogP contribution in [0.2, 0.25) is 0 Å². The second kappa shape index (κ2) is 3.44. The number of halogens is 1. The molecule has 0 radical (unpaired) electrons. The van der Waals surface area contributed by atoms with Crippen LogP contribution < -0.4 is 0 Å². The summed E-state index contributed by atoms with van der Waals surface area (Å²) >= 11 is 0. The van der Waals surface area contributed by atoms with Crippen LogP contribution in [-0.4, -0.2) is 10.2 Å². The Morgan fingerprint density at radius 2 is 2.19 bits per heavy atom. The maximum absolute atomic E-state index is 13.9. The first kappa shape index (κ1) is 9.58. The predicted octanol–water partition coefficient (Wildman–Crippen LogP) is 3.01. The topological polar surface area (TPSA) is 28.7 Å². The van der Waals surface area contributed by atoms with E-state index in [9.17, 15) is 4.39 Å². The minimum Gasteiger partial charge on any atom is -0.282 e. The SMILES string of the molecule is Cc1[nH]ncc1-c1c(F)ccc2c1CCC2. The maximum Gasteiger partial charge on any atom is 0.131 e. The molecule has 1 N–H and O–H groups in total. The fourth-order valence-corrected chi connectivity index (χ4v) is 2.53. The molecule has 0 saturated heterocycles. The molecular formula is C13H13FN2. The molecule has 0 unspecified atom stereocenters. The number of aryl methyl sites for hydroxylation is 2. The van der Waals surface area contributed by atoms with Crippen molar-refractivity contribution in [3.05, 3.63) is 41.0 Å². The minimum absolute atomic E-state index is 0.134. The molecule has 3 heteroatoms. The molecule has 2 nitrogen and oxygen atoms in total. The molecule has 1 aliphatic rings. The average molecular weight is 216 g/mol. The lowest BCUT2D eigenvalue weighted by Gasteiger charge is -2.08. The summed E-state index contributed by atoms with van der Waals surface area (Å²) in [5.41, 5.74) is 5.04. The van der Waals surface area contributed by atoms with E-state index in [1.807, 2.05) is 13.0 Å². The minimum atomic E-state index is -0.134. The molecule has 2 aromatic rings. The predicted molar refractivity (Wildman–Crippen MR) is 60.7 cm³/mol. The third-order valence-corrected chi connectivity index (χ3v) is 3.33. The van der Waals surface area contributed by atoms with Gasteiger partial charge in [0.2, 0.25) is 0 Å². The van der Waals surface area contributed by atoms with Crippen LogP contribution in [0.1, 0.15) is 23.2 Å². The Kier molecular flexibility index (Phi) is 2.06. The van der Waals surface area contributed by atoms with Crippen molar-refractivity contribution in [2.75, 3.05) is 0 Å². The average Bonchev–Trinajstić information content (AvgIpc) is 2.87. The Morgan fingerprint density at radius 3 is 2.94 bits per heavy atom. The lowest BCUT2D eigenvalue weighted by atomic mass is 9.97. The highest BCUT2D eigenvalue weighted by Crippen LogP contribution is 2.35. The van der Waals surface area contributed by atoms with E-state index in [2.05, 4.69) is 10.2 Å². The van der Waals surface area contributed by atoms with E-state index in [-0.39, 0.29) is 5.82 Å². The van der Waals surface area contributed by atoms with Crippen molar-refractivity contribution < 1.29 is 4.39 Å². The number of benzene rings is 1. The normalized spacial score (nSPS) is 14.1. The van der Waals surface area contributed by atoms with Crippen LogP contribution in [0.15, 0.2) is 18.3 Å². The molecule has 1 aromatic carbocycles. The number of rotatable bonds is 1. The number of aromatic amines is 1. The van der Waals surface area contributed by atoms with Crippen molar-refractivity contribution in [1.29, 1.82) is 0 Å². The molecule has 3 rings (SSSR count). The highest BCUT2D eigenvalue weighted by molar-refractivity contribution is 5.71. The Labute approximate surface area is 93.5 Å². The van der Waals surface area contributed by atoms with Crippen molar-refractivity contribution >= 4 is 0 Å². The van der Waals surface area contributed by atoms with Gasteiger partial charge in [0.15, 0.2) is 0 Å². The third-order valence-electron chi connectivity index (χ3n) is 3.33. The fourth-order valence-electron chi connectivity index (χ4n) is 2.53. The molecule has 1 heterocycles. The van der Waals surface area contributed by atoms with Crippen LogP contribution in [0.3, 0.4) is 0 Å². The highest BCUT2D eigenvalue weighted by Gasteiger charge is 2.20. The van der Waals surface area contributed by atoms with E-state index < -0.39 is 0 Å². The quantitative estimate of drug-likeness (QED) is 0.779. The molecule has 0 aliphatic heterocycles. The smallest absolute Gasteiger partial charge is 0.131 e. The number of fused-ring (bicyclic) bond motifs is 1. The van der Waals surface area contributed by atoms with Crippen molar-refractivity contribution in [3.63, 3.8) is 0 Å². The maximum atomic E-state index is 13.9. The Balaban J connectivity index is 2.28. The summed E-state index contributed by atoms with van der Waals surface area (Å²) in [5, 5.41) is 6.84. The molecular weight excluding hydrogens is 203 g/mol. The second-order valence-electron chi connectivity index (χ2n) is 4.32. The van der Waals surface area contributed by atoms with Crippen LogP contribution in [0, 0.1) is 12.7 Å². The van der Waals surface area contributed by atoms with E-state index in [4.69, 9.17) is 0 Å². The van der Waals surface area contributed by atoms with Crippen LogP contribution in [0.25, 0.3) is 11.1 Å². The van der Waals surface area contributed by atoms with E-state index >= 15 is 0 Å². The summed E-state index contributed by atoms with van der Waals surface area (Å²) in [6.07, 6.45) is 4.89. The molecule has 1 aliphatic carbocycles. The van der Waals surface area contributed by atoms with Gasteiger partial charge in [0, 0.05) is 16.8 Å². The summed E-state index contributed by atoms with van der Waals surface area (Å²) in [5.74, 6) is -0.134. The van der Waals surface area contributed by atoms with Crippen molar-refractivity contribution in [3.8, 4) is 11.1 Å². The van der Waals surface area contributed by atoms with E-state index in [1.165, 1.54) is 11.1 Å². The lowest BCUT2D eigenvalue weighted by molar-refractivity contribution is 0.629. The van der Waals surface area contributed by atoms with Gasteiger partial charge < -0.3 is 0 Å². The lowest BCUT2D eigenvalue weighted by Crippen LogP contribution is -1.93. The summed E-state index contributed by atoms with van der Waals surface area (Å²) in [7, 11) is 0. The molecule has 0 saturated carbocycles. The molecule has 0 bridgehead atoms. The molecule has 0 spiro atoms. The summed E-state index contributed by atoms with van der Waals surface area (Å²) < 4.78 is 13.9. The van der Waals surface area contributed by atoms with Crippen LogP contribution >= 0.6 is 0 Å². The van der Waals surface area contributed by atoms with Gasteiger partial charge in [-0.25, -0.2) is 4.39 Å². The molecule has 82 valence electrons. The summed E-state index contributed by atoms with van der Waals surface area (Å²) in [6, 6.07) is 3.49. The molecule has 0 amide bonds. The van der Waals surface area contributed by atoms with E-state index in [1.54, 1.807) is 12.3 Å². The van der Waals surface area contributed by atoms with Gasteiger partial charge in [-0.3, -0.25) is 5.10 Å². The van der Waals surface area contributed by atoms with Crippen molar-refractivity contribution in [2.24, 2.45) is 0 Å². The number of hydrogen-bond acceptors (Lipinski definition) is 1. The van der Waals surface area contributed by atoms with Gasteiger partial charge in [-0.15, -0.1) is 0 Å². The summed E-state index contributed by atoms with van der Waals surface area (Å²) in [6.45, 7) is 1.93. The van der Waals surface area contributed by atoms with Crippen LogP contribution in [0.4, 0.5) is 4.39 Å². The Bertz CT molecular complexity index is 543. The number of nitrogens with zero attached hydrogens (tertiary/aromatic N) is 1. The summed E-state index contributed by atoms with van der Waals surface area (Å²) in [4.78, 5) is 0. The fraction of sp³-hybridized carbons (Fsp3) is 0.308.